The molecule has 0 heterocycles. The third kappa shape index (κ3) is 4.13. The van der Waals surface area contributed by atoms with E-state index >= 15 is 0 Å². The van der Waals surface area contributed by atoms with Gasteiger partial charge in [-0.15, -0.1) is 0 Å². The summed E-state index contributed by atoms with van der Waals surface area (Å²) in [6.07, 6.45) is 0. The van der Waals surface area contributed by atoms with E-state index in [2.05, 4.69) is 5.09 Å². The molecule has 0 aliphatic heterocycles. The first kappa shape index (κ1) is 16.3. The number of aliphatic hydroxyl groups excluding tert-OH is 1. The van der Waals surface area contributed by atoms with Crippen LogP contribution >= 0.6 is 7.75 Å². The highest BCUT2D eigenvalue weighted by Gasteiger charge is 2.36. The monoisotopic (exact) mass is 287 g/mol. The molecule has 0 amide bonds. The fourth-order valence-electron chi connectivity index (χ4n) is 1.78. The van der Waals surface area contributed by atoms with E-state index < -0.39 is 13.2 Å². The molecular formula is C13H22NO4P. The molecule has 0 bridgehead atoms. The first-order valence-corrected chi connectivity index (χ1v) is 7.58. The van der Waals surface area contributed by atoms with E-state index in [1.165, 1.54) is 14.2 Å². The van der Waals surface area contributed by atoms with Crippen LogP contribution in [0.15, 0.2) is 30.3 Å². The quantitative estimate of drug-likeness (QED) is 0.755. The van der Waals surface area contributed by atoms with E-state index in [4.69, 9.17) is 9.05 Å². The van der Waals surface area contributed by atoms with E-state index in [1.807, 2.05) is 44.2 Å². The van der Waals surface area contributed by atoms with Crippen LogP contribution in [0.1, 0.15) is 25.5 Å². The minimum absolute atomic E-state index is 0.0625. The van der Waals surface area contributed by atoms with Crippen molar-refractivity contribution in [3.05, 3.63) is 35.9 Å². The number of rotatable bonds is 7. The highest BCUT2D eigenvalue weighted by molar-refractivity contribution is 7.51. The van der Waals surface area contributed by atoms with E-state index in [0.717, 1.165) is 5.56 Å². The van der Waals surface area contributed by atoms with Gasteiger partial charge in [-0.2, -0.15) is 0 Å². The molecule has 2 N–H and O–H groups in total. The summed E-state index contributed by atoms with van der Waals surface area (Å²) in [6.45, 7) is 3.70. The van der Waals surface area contributed by atoms with Crippen LogP contribution in [0, 0.1) is 5.41 Å². The summed E-state index contributed by atoms with van der Waals surface area (Å²) in [6, 6.07) is 9.14. The maximum absolute atomic E-state index is 12.3. The molecule has 0 aliphatic rings. The van der Waals surface area contributed by atoms with E-state index in [9.17, 15) is 9.67 Å². The first-order chi connectivity index (χ1) is 8.88. The number of hydrogen-bond acceptors (Lipinski definition) is 4. The van der Waals surface area contributed by atoms with Gasteiger partial charge in [-0.3, -0.25) is 0 Å². The highest BCUT2D eigenvalue weighted by atomic mass is 31.2. The second-order valence-corrected chi connectivity index (χ2v) is 6.97. The van der Waals surface area contributed by atoms with E-state index in [0.29, 0.717) is 0 Å². The molecule has 1 aromatic carbocycles. The van der Waals surface area contributed by atoms with Crippen molar-refractivity contribution in [2.24, 2.45) is 5.41 Å². The van der Waals surface area contributed by atoms with Gasteiger partial charge in [-0.25, -0.2) is 9.65 Å². The van der Waals surface area contributed by atoms with Crippen LogP contribution in [0.4, 0.5) is 0 Å². The highest BCUT2D eigenvalue weighted by Crippen LogP contribution is 2.48. The van der Waals surface area contributed by atoms with Gasteiger partial charge in [0.2, 0.25) is 0 Å². The minimum Gasteiger partial charge on any atom is -0.396 e. The molecule has 0 aromatic heterocycles. The second-order valence-electron chi connectivity index (χ2n) is 4.98. The molecule has 0 unspecified atom stereocenters. The SMILES string of the molecule is COP(=O)(N[C@H](c1ccccc1)C(C)(C)CO)OC. The molecular weight excluding hydrogens is 265 g/mol. The summed E-state index contributed by atoms with van der Waals surface area (Å²) >= 11 is 0. The van der Waals surface area contributed by atoms with Crippen molar-refractivity contribution in [2.75, 3.05) is 20.8 Å². The third-order valence-electron chi connectivity index (χ3n) is 3.09. The Labute approximate surface area is 114 Å². The van der Waals surface area contributed by atoms with Crippen LogP contribution in [0.5, 0.6) is 0 Å². The second kappa shape index (κ2) is 6.64. The van der Waals surface area contributed by atoms with Gasteiger partial charge < -0.3 is 14.2 Å². The lowest BCUT2D eigenvalue weighted by Crippen LogP contribution is -2.35. The Bertz CT molecular complexity index is 428. The average molecular weight is 287 g/mol. The van der Waals surface area contributed by atoms with Crippen molar-refractivity contribution in [2.45, 2.75) is 19.9 Å². The van der Waals surface area contributed by atoms with Gasteiger partial charge >= 0.3 is 7.75 Å². The van der Waals surface area contributed by atoms with Gasteiger partial charge in [0.15, 0.2) is 0 Å². The van der Waals surface area contributed by atoms with Crippen LogP contribution in [0.3, 0.4) is 0 Å². The topological polar surface area (TPSA) is 67.8 Å². The zero-order valence-corrected chi connectivity index (χ0v) is 12.7. The summed E-state index contributed by atoms with van der Waals surface area (Å²) in [5, 5.41) is 12.4. The number of aliphatic hydroxyl groups is 1. The Morgan fingerprint density at radius 1 is 1.26 bits per heavy atom. The summed E-state index contributed by atoms with van der Waals surface area (Å²) in [7, 11) is -0.724. The molecule has 0 spiro atoms. The van der Waals surface area contributed by atoms with Gasteiger partial charge in [0.1, 0.15) is 0 Å². The van der Waals surface area contributed by atoms with Crippen LogP contribution in [-0.2, 0) is 13.6 Å². The zero-order valence-electron chi connectivity index (χ0n) is 11.8. The standard InChI is InChI=1S/C13H22NO4P/c1-13(2,10-15)12(11-8-6-5-7-9-11)14-19(16,17-3)18-4/h5-9,12,15H,10H2,1-4H3,(H,14,16)/t12-/m1/s1. The third-order valence-corrected chi connectivity index (χ3v) is 4.63. The normalized spacial score (nSPS) is 14.4. The fraction of sp³-hybridized carbons (Fsp3) is 0.538. The molecule has 19 heavy (non-hydrogen) atoms. The smallest absolute Gasteiger partial charge is 0.396 e. The van der Waals surface area contributed by atoms with Crippen LogP contribution < -0.4 is 5.09 Å². The predicted octanol–water partition coefficient (Wildman–Crippen LogP) is 2.74. The van der Waals surface area contributed by atoms with Crippen molar-refractivity contribution >= 4 is 7.75 Å². The summed E-state index contributed by atoms with van der Waals surface area (Å²) in [5.74, 6) is 0. The Morgan fingerprint density at radius 2 is 1.79 bits per heavy atom. The first-order valence-electron chi connectivity index (χ1n) is 6.03. The fourth-order valence-corrected chi connectivity index (χ4v) is 2.95. The molecule has 108 valence electrons. The zero-order chi connectivity index (χ0) is 14.5. The predicted molar refractivity (Wildman–Crippen MR) is 74.8 cm³/mol. The van der Waals surface area contributed by atoms with Crippen molar-refractivity contribution in [1.29, 1.82) is 0 Å². The molecule has 1 aromatic rings. The van der Waals surface area contributed by atoms with Crippen molar-refractivity contribution < 1.29 is 18.7 Å². The lowest BCUT2D eigenvalue weighted by atomic mass is 9.82. The van der Waals surface area contributed by atoms with Gasteiger partial charge in [0, 0.05) is 25.7 Å². The largest absolute Gasteiger partial charge is 0.405 e. The molecule has 1 atom stereocenters. The summed E-state index contributed by atoms with van der Waals surface area (Å²) in [4.78, 5) is 0. The Hall–Kier alpha value is -0.710. The molecule has 6 heteroatoms. The van der Waals surface area contributed by atoms with Gasteiger partial charge in [0.25, 0.3) is 0 Å². The van der Waals surface area contributed by atoms with Crippen molar-refractivity contribution in [3.8, 4) is 0 Å². The molecule has 5 nitrogen and oxygen atoms in total. The van der Waals surface area contributed by atoms with Gasteiger partial charge in [0.05, 0.1) is 6.61 Å². The maximum atomic E-state index is 12.3. The lowest BCUT2D eigenvalue weighted by molar-refractivity contribution is 0.119. The van der Waals surface area contributed by atoms with Crippen LogP contribution in [0.25, 0.3) is 0 Å². The van der Waals surface area contributed by atoms with Crippen LogP contribution in [0.2, 0.25) is 0 Å². The molecule has 0 saturated heterocycles. The molecule has 0 aliphatic carbocycles. The Morgan fingerprint density at radius 3 is 2.21 bits per heavy atom. The van der Waals surface area contributed by atoms with Gasteiger partial charge in [-0.05, 0) is 5.56 Å². The Kier molecular flexibility index (Phi) is 5.71. The van der Waals surface area contributed by atoms with Crippen molar-refractivity contribution in [1.82, 2.24) is 5.09 Å². The summed E-state index contributed by atoms with van der Waals surface area (Å²) < 4.78 is 22.1. The number of benzene rings is 1. The molecule has 0 fully saturated rings. The lowest BCUT2D eigenvalue weighted by Gasteiger charge is -2.35. The molecule has 0 radical (unpaired) electrons. The Balaban J connectivity index is 3.11. The molecule has 1 rings (SSSR count). The van der Waals surface area contributed by atoms with Crippen molar-refractivity contribution in [3.63, 3.8) is 0 Å². The van der Waals surface area contributed by atoms with Gasteiger partial charge in [-0.1, -0.05) is 44.2 Å². The maximum Gasteiger partial charge on any atom is 0.405 e. The molecule has 0 saturated carbocycles. The van der Waals surface area contributed by atoms with Crippen LogP contribution in [-0.4, -0.2) is 25.9 Å². The average Bonchev–Trinajstić information content (AvgIpc) is 2.45. The minimum atomic E-state index is -3.37. The van der Waals surface area contributed by atoms with E-state index in [-0.39, 0.29) is 12.6 Å². The number of hydrogen-bond donors (Lipinski definition) is 2. The number of nitrogens with one attached hydrogen (secondary N) is 1. The summed E-state index contributed by atoms with van der Waals surface area (Å²) in [5.41, 5.74) is 0.393. The van der Waals surface area contributed by atoms with E-state index in [1.54, 1.807) is 0 Å².